The third kappa shape index (κ3) is 2.30. The largest absolute Gasteiger partial charge is 0.368 e. The molecule has 1 saturated heterocycles. The third-order valence-electron chi connectivity index (χ3n) is 2.96. The molecule has 0 amide bonds. The molecule has 2 rings (SSSR count). The highest BCUT2D eigenvalue weighted by Gasteiger charge is 2.25. The van der Waals surface area contributed by atoms with Gasteiger partial charge >= 0.3 is 0 Å². The summed E-state index contributed by atoms with van der Waals surface area (Å²) >= 11 is 3.64. The van der Waals surface area contributed by atoms with Crippen LogP contribution in [0, 0.1) is 11.7 Å². The first-order chi connectivity index (χ1) is 7.18. The van der Waals surface area contributed by atoms with Gasteiger partial charge in [-0.2, -0.15) is 0 Å². The average molecular weight is 273 g/mol. The smallest absolute Gasteiger partial charge is 0.164 e. The van der Waals surface area contributed by atoms with Crippen LogP contribution in [0.25, 0.3) is 0 Å². The number of aromatic nitrogens is 1. The molecule has 0 bridgehead atoms. The van der Waals surface area contributed by atoms with Crippen LogP contribution in [0.15, 0.2) is 18.5 Å². The van der Waals surface area contributed by atoms with Crippen LogP contribution >= 0.6 is 15.9 Å². The summed E-state index contributed by atoms with van der Waals surface area (Å²) in [5.74, 6) is 0.429. The lowest BCUT2D eigenvalue weighted by atomic mass is 9.99. The molecule has 15 heavy (non-hydrogen) atoms. The van der Waals surface area contributed by atoms with Gasteiger partial charge in [0.1, 0.15) is 0 Å². The van der Waals surface area contributed by atoms with Gasteiger partial charge in [-0.25, -0.2) is 4.39 Å². The molecular weight excluding hydrogens is 259 g/mol. The van der Waals surface area contributed by atoms with Gasteiger partial charge in [0.15, 0.2) is 5.82 Å². The van der Waals surface area contributed by atoms with Gasteiger partial charge in [0.2, 0.25) is 0 Å². The van der Waals surface area contributed by atoms with E-state index in [0.717, 1.165) is 19.5 Å². The number of rotatable bonds is 1. The Labute approximate surface area is 97.6 Å². The first-order valence-corrected chi connectivity index (χ1v) is 6.08. The molecule has 82 valence electrons. The molecule has 2 atom stereocenters. The normalized spacial score (nSPS) is 26.7. The maximum Gasteiger partial charge on any atom is 0.164 e. The van der Waals surface area contributed by atoms with E-state index in [1.165, 1.54) is 6.20 Å². The van der Waals surface area contributed by atoms with Crippen molar-refractivity contribution in [3.05, 3.63) is 24.3 Å². The number of alkyl halides is 1. The van der Waals surface area contributed by atoms with Crippen LogP contribution < -0.4 is 4.90 Å². The minimum Gasteiger partial charge on any atom is -0.368 e. The van der Waals surface area contributed by atoms with Gasteiger partial charge in [0.05, 0.1) is 11.9 Å². The molecule has 1 fully saturated rings. The number of pyridine rings is 1. The van der Waals surface area contributed by atoms with E-state index in [1.807, 2.05) is 0 Å². The van der Waals surface area contributed by atoms with Crippen molar-refractivity contribution >= 4 is 21.6 Å². The summed E-state index contributed by atoms with van der Waals surface area (Å²) in [6.45, 7) is 4.01. The Bertz CT molecular complexity index is 345. The molecular formula is C11H14BrFN2. The summed E-state index contributed by atoms with van der Waals surface area (Å²) in [4.78, 5) is 6.28. The first-order valence-electron chi connectivity index (χ1n) is 5.17. The molecule has 0 radical (unpaired) electrons. The molecule has 0 aromatic carbocycles. The molecule has 1 aromatic rings. The molecule has 0 saturated carbocycles. The third-order valence-corrected chi connectivity index (χ3v) is 4.15. The molecule has 0 N–H and O–H groups in total. The van der Waals surface area contributed by atoms with Crippen molar-refractivity contribution in [2.24, 2.45) is 5.92 Å². The molecule has 1 aliphatic rings. The van der Waals surface area contributed by atoms with Crippen molar-refractivity contribution in [2.75, 3.05) is 18.0 Å². The van der Waals surface area contributed by atoms with Crippen LogP contribution in [-0.4, -0.2) is 22.9 Å². The fourth-order valence-electron chi connectivity index (χ4n) is 1.87. The van der Waals surface area contributed by atoms with Crippen molar-refractivity contribution in [3.8, 4) is 0 Å². The Hall–Kier alpha value is -0.640. The van der Waals surface area contributed by atoms with Gasteiger partial charge in [0, 0.05) is 24.1 Å². The fourth-order valence-corrected chi connectivity index (χ4v) is 2.48. The van der Waals surface area contributed by atoms with Crippen LogP contribution in [0.5, 0.6) is 0 Å². The van der Waals surface area contributed by atoms with Gasteiger partial charge in [0.25, 0.3) is 0 Å². The quantitative estimate of drug-likeness (QED) is 0.731. The lowest BCUT2D eigenvalue weighted by Crippen LogP contribution is -2.40. The molecule has 2 heterocycles. The molecule has 2 nitrogen and oxygen atoms in total. The minimum atomic E-state index is -0.230. The van der Waals surface area contributed by atoms with Crippen molar-refractivity contribution in [1.29, 1.82) is 0 Å². The van der Waals surface area contributed by atoms with Gasteiger partial charge in [-0.1, -0.05) is 22.9 Å². The second-order valence-electron chi connectivity index (χ2n) is 4.06. The van der Waals surface area contributed by atoms with Gasteiger partial charge in [-0.15, -0.1) is 0 Å². The second-order valence-corrected chi connectivity index (χ2v) is 5.23. The summed E-state index contributed by atoms with van der Waals surface area (Å²) < 4.78 is 13.5. The van der Waals surface area contributed by atoms with Crippen LogP contribution in [0.2, 0.25) is 0 Å². The highest BCUT2D eigenvalue weighted by molar-refractivity contribution is 9.09. The van der Waals surface area contributed by atoms with Gasteiger partial charge in [-0.05, 0) is 18.4 Å². The highest BCUT2D eigenvalue weighted by atomic mass is 79.9. The predicted octanol–water partition coefficient (Wildman–Crippen LogP) is 2.83. The van der Waals surface area contributed by atoms with Crippen LogP contribution in [0.3, 0.4) is 0 Å². The Morgan fingerprint density at radius 2 is 2.40 bits per heavy atom. The minimum absolute atomic E-state index is 0.230. The van der Waals surface area contributed by atoms with E-state index in [2.05, 4.69) is 32.7 Å². The molecule has 0 spiro atoms. The van der Waals surface area contributed by atoms with Crippen molar-refractivity contribution in [1.82, 2.24) is 4.98 Å². The maximum atomic E-state index is 13.5. The number of anilines is 1. The summed E-state index contributed by atoms with van der Waals surface area (Å²) in [5, 5.41) is 0. The number of hydrogen-bond donors (Lipinski definition) is 0. The summed E-state index contributed by atoms with van der Waals surface area (Å²) in [6, 6.07) is 1.74. The van der Waals surface area contributed by atoms with Crippen molar-refractivity contribution < 1.29 is 4.39 Å². The maximum absolute atomic E-state index is 13.5. The lowest BCUT2D eigenvalue weighted by Gasteiger charge is -2.35. The van der Waals surface area contributed by atoms with Crippen molar-refractivity contribution in [2.45, 2.75) is 18.2 Å². The average Bonchev–Trinajstić information content (AvgIpc) is 2.23. The predicted molar refractivity (Wildman–Crippen MR) is 62.9 cm³/mol. The van der Waals surface area contributed by atoms with Crippen LogP contribution in [0.1, 0.15) is 13.3 Å². The highest BCUT2D eigenvalue weighted by Crippen LogP contribution is 2.28. The van der Waals surface area contributed by atoms with Crippen LogP contribution in [0.4, 0.5) is 10.1 Å². The van der Waals surface area contributed by atoms with E-state index in [0.29, 0.717) is 16.4 Å². The standard InChI is InChI=1S/C11H14BrFN2/c1-8-3-5-15(7-9(8)12)11-2-4-14-6-10(11)13/h2,4,6,8-9H,3,5,7H2,1H3. The van der Waals surface area contributed by atoms with E-state index >= 15 is 0 Å². The lowest BCUT2D eigenvalue weighted by molar-refractivity contribution is 0.451. The van der Waals surface area contributed by atoms with Gasteiger partial charge < -0.3 is 4.90 Å². The molecule has 0 aliphatic carbocycles. The molecule has 1 aliphatic heterocycles. The zero-order chi connectivity index (χ0) is 10.8. The monoisotopic (exact) mass is 272 g/mol. The van der Waals surface area contributed by atoms with Gasteiger partial charge in [-0.3, -0.25) is 4.98 Å². The zero-order valence-electron chi connectivity index (χ0n) is 8.66. The summed E-state index contributed by atoms with van der Waals surface area (Å²) in [5.41, 5.74) is 0.668. The zero-order valence-corrected chi connectivity index (χ0v) is 10.2. The summed E-state index contributed by atoms with van der Waals surface area (Å²) in [7, 11) is 0. The van der Waals surface area contributed by atoms with Crippen molar-refractivity contribution in [3.63, 3.8) is 0 Å². The van der Waals surface area contributed by atoms with E-state index in [-0.39, 0.29) is 5.82 Å². The fraction of sp³-hybridized carbons (Fsp3) is 0.545. The molecule has 4 heteroatoms. The van der Waals surface area contributed by atoms with E-state index in [4.69, 9.17) is 0 Å². The first kappa shape index (κ1) is 10.9. The number of piperidine rings is 1. The molecule has 2 unspecified atom stereocenters. The topological polar surface area (TPSA) is 16.1 Å². The van der Waals surface area contributed by atoms with E-state index < -0.39 is 0 Å². The number of nitrogens with zero attached hydrogens (tertiary/aromatic N) is 2. The van der Waals surface area contributed by atoms with E-state index in [9.17, 15) is 4.39 Å². The molecule has 1 aromatic heterocycles. The Kier molecular flexibility index (Phi) is 3.24. The Morgan fingerprint density at radius 3 is 3.07 bits per heavy atom. The summed E-state index contributed by atoms with van der Waals surface area (Å²) in [6.07, 6.45) is 4.01. The number of halogens is 2. The second kappa shape index (κ2) is 4.47. The Balaban J connectivity index is 2.15. The Morgan fingerprint density at radius 1 is 1.60 bits per heavy atom. The van der Waals surface area contributed by atoms with E-state index in [1.54, 1.807) is 12.3 Å². The van der Waals surface area contributed by atoms with Crippen LogP contribution in [-0.2, 0) is 0 Å². The number of hydrogen-bond acceptors (Lipinski definition) is 2. The SMILES string of the molecule is CC1CCN(c2ccncc2F)CC1Br.